The first-order chi connectivity index (χ1) is 16.6. The molecule has 1 unspecified atom stereocenters. The van der Waals surface area contributed by atoms with E-state index in [9.17, 15) is 29.4 Å². The van der Waals surface area contributed by atoms with E-state index in [0.29, 0.717) is 20.9 Å². The van der Waals surface area contributed by atoms with Crippen molar-refractivity contribution < 1.29 is 29.4 Å². The maximum atomic E-state index is 13.0. The Morgan fingerprint density at radius 2 is 0.944 bits per heavy atom. The van der Waals surface area contributed by atoms with E-state index in [1.165, 1.54) is 21.6 Å². The topological polar surface area (TPSA) is 133 Å². The van der Waals surface area contributed by atoms with Crippen molar-refractivity contribution in [1.29, 1.82) is 0 Å². The molecule has 4 N–H and O–H groups in total. The molecule has 0 spiro atoms. The zero-order chi connectivity index (χ0) is 27.3. The number of aliphatic carboxylic acids is 2. The van der Waals surface area contributed by atoms with E-state index < -0.39 is 46.7 Å². The van der Waals surface area contributed by atoms with Crippen LogP contribution in [0.3, 0.4) is 0 Å². The molecule has 0 radical (unpaired) electrons. The summed E-state index contributed by atoms with van der Waals surface area (Å²) < 4.78 is 0. The van der Waals surface area contributed by atoms with Gasteiger partial charge in [-0.05, 0) is 35.1 Å². The molecule has 0 bridgehead atoms. The summed E-state index contributed by atoms with van der Waals surface area (Å²) in [6, 6.07) is 11.4. The number of carbonyl (C=O) groups is 4. The predicted octanol–water partition coefficient (Wildman–Crippen LogP) is 4.94. The zero-order valence-electron chi connectivity index (χ0n) is 21.1. The second-order valence-corrected chi connectivity index (χ2v) is 12.6. The molecule has 2 aromatic rings. The highest BCUT2D eigenvalue weighted by Crippen LogP contribution is 2.40. The number of carboxylic acids is 2. The quantitative estimate of drug-likeness (QED) is 0.334. The predicted molar refractivity (Wildman–Crippen MR) is 141 cm³/mol. The first kappa shape index (κ1) is 29.3. The first-order valence-electron chi connectivity index (χ1n) is 11.2. The molecule has 0 saturated heterocycles. The molecular weight excluding hydrogens is 500 g/mol. The molecule has 2 atom stereocenters. The maximum Gasteiger partial charge on any atom is 0.326 e. The molecule has 194 valence electrons. The molecule has 0 aliphatic rings. The Morgan fingerprint density at radius 3 is 1.22 bits per heavy atom. The normalized spacial score (nSPS) is 13.4. The van der Waals surface area contributed by atoms with Gasteiger partial charge < -0.3 is 20.8 Å². The van der Waals surface area contributed by atoms with Gasteiger partial charge in [-0.3, -0.25) is 9.59 Å². The lowest BCUT2D eigenvalue weighted by Crippen LogP contribution is -2.49. The van der Waals surface area contributed by atoms with E-state index in [1.807, 2.05) is 0 Å². The number of carboxylic acid groups (broad SMARTS) is 2. The Morgan fingerprint density at radius 1 is 0.639 bits per heavy atom. The van der Waals surface area contributed by atoms with E-state index >= 15 is 0 Å². The molecular formula is C26H32N2O6S2. The largest absolute Gasteiger partial charge is 0.480 e. The minimum Gasteiger partial charge on any atom is -0.480 e. The average molecular weight is 533 g/mol. The van der Waals surface area contributed by atoms with Gasteiger partial charge in [-0.1, -0.05) is 87.4 Å². The minimum atomic E-state index is -1.12. The van der Waals surface area contributed by atoms with Gasteiger partial charge in [0, 0.05) is 9.79 Å². The molecule has 2 aromatic carbocycles. The monoisotopic (exact) mass is 532 g/mol. The average Bonchev–Trinajstić information content (AvgIpc) is 2.77. The van der Waals surface area contributed by atoms with Gasteiger partial charge in [0.1, 0.15) is 12.1 Å². The molecule has 0 aliphatic heterocycles. The Kier molecular flexibility index (Phi) is 9.62. The number of benzene rings is 2. The van der Waals surface area contributed by atoms with Crippen LogP contribution >= 0.6 is 21.6 Å². The van der Waals surface area contributed by atoms with E-state index in [2.05, 4.69) is 10.6 Å². The van der Waals surface area contributed by atoms with Crippen molar-refractivity contribution in [1.82, 2.24) is 10.6 Å². The van der Waals surface area contributed by atoms with Crippen LogP contribution in [0.4, 0.5) is 0 Å². The molecule has 0 heterocycles. The van der Waals surface area contributed by atoms with Gasteiger partial charge >= 0.3 is 11.9 Å². The Labute approximate surface area is 219 Å². The third-order valence-corrected chi connectivity index (χ3v) is 7.74. The molecule has 2 rings (SSSR count). The van der Waals surface area contributed by atoms with Crippen molar-refractivity contribution in [3.8, 4) is 0 Å². The Hall–Kier alpha value is -2.98. The maximum absolute atomic E-state index is 13.0. The van der Waals surface area contributed by atoms with Crippen LogP contribution in [-0.2, 0) is 9.59 Å². The van der Waals surface area contributed by atoms with Crippen LogP contribution in [0.15, 0.2) is 58.3 Å². The first-order valence-corrected chi connectivity index (χ1v) is 13.4. The number of amides is 2. The van der Waals surface area contributed by atoms with Crippen LogP contribution in [0.1, 0.15) is 62.3 Å². The highest BCUT2D eigenvalue weighted by molar-refractivity contribution is 8.76. The van der Waals surface area contributed by atoms with Gasteiger partial charge in [-0.2, -0.15) is 0 Å². The summed E-state index contributed by atoms with van der Waals surface area (Å²) in [5.41, 5.74) is -0.756. The molecule has 8 nitrogen and oxygen atoms in total. The van der Waals surface area contributed by atoms with E-state index in [-0.39, 0.29) is 0 Å². The van der Waals surface area contributed by atoms with E-state index in [4.69, 9.17) is 0 Å². The van der Waals surface area contributed by atoms with E-state index in [0.717, 1.165) is 0 Å². The lowest BCUT2D eigenvalue weighted by molar-refractivity contribution is -0.143. The summed E-state index contributed by atoms with van der Waals surface area (Å²) in [6.07, 6.45) is 0. The minimum absolute atomic E-state index is 0.311. The number of hydrogen-bond acceptors (Lipinski definition) is 6. The van der Waals surface area contributed by atoms with Crippen LogP contribution in [0.5, 0.6) is 0 Å². The fourth-order valence-electron chi connectivity index (χ4n) is 3.26. The lowest BCUT2D eigenvalue weighted by atomic mass is 9.86. The summed E-state index contributed by atoms with van der Waals surface area (Å²) in [6.45, 7) is 10.4. The van der Waals surface area contributed by atoms with Crippen molar-refractivity contribution in [3.63, 3.8) is 0 Å². The van der Waals surface area contributed by atoms with Gasteiger partial charge in [0.25, 0.3) is 11.8 Å². The molecule has 2 amide bonds. The highest BCUT2D eigenvalue weighted by Gasteiger charge is 2.34. The third-order valence-electron chi connectivity index (χ3n) is 5.26. The number of rotatable bonds is 9. The Bertz CT molecular complexity index is 1050. The van der Waals surface area contributed by atoms with Crippen molar-refractivity contribution >= 4 is 45.3 Å². The van der Waals surface area contributed by atoms with Gasteiger partial charge in [0.05, 0.1) is 11.1 Å². The standard InChI is InChI=1S/C26H32N2O6S2/c1-25(2,3)19(23(31)32)27-21(29)15-11-7-9-13-17(15)35-36-18-14-10-8-12-16(18)22(30)28-20(24(33)34)26(4,5)6/h7-14,19-20H,1-6H3,(H,27,29)(H,28,30)(H,31,32)(H,33,34)/t19-,20?/m1/s1. The summed E-state index contributed by atoms with van der Waals surface area (Å²) in [7, 11) is 2.49. The fourth-order valence-corrected chi connectivity index (χ4v) is 5.62. The molecule has 0 saturated carbocycles. The summed E-state index contributed by atoms with van der Waals surface area (Å²) in [5.74, 6) is -3.27. The van der Waals surface area contributed by atoms with Gasteiger partial charge in [-0.25, -0.2) is 9.59 Å². The van der Waals surface area contributed by atoms with Crippen molar-refractivity contribution in [2.45, 2.75) is 63.4 Å². The fraction of sp³-hybridized carbons (Fsp3) is 0.385. The van der Waals surface area contributed by atoms with Crippen LogP contribution in [0, 0.1) is 10.8 Å². The molecule has 0 fully saturated rings. The van der Waals surface area contributed by atoms with Crippen molar-refractivity contribution in [3.05, 3.63) is 59.7 Å². The van der Waals surface area contributed by atoms with Crippen LogP contribution < -0.4 is 10.6 Å². The summed E-state index contributed by atoms with van der Waals surface area (Å²) >= 11 is 0. The van der Waals surface area contributed by atoms with Gasteiger partial charge in [0.15, 0.2) is 0 Å². The molecule has 36 heavy (non-hydrogen) atoms. The number of hydrogen-bond donors (Lipinski definition) is 4. The Balaban J connectivity index is 2.25. The lowest BCUT2D eigenvalue weighted by Gasteiger charge is -2.28. The highest BCUT2D eigenvalue weighted by atomic mass is 33.1. The molecule has 0 aromatic heterocycles. The number of nitrogens with one attached hydrogen (secondary N) is 2. The summed E-state index contributed by atoms with van der Waals surface area (Å²) in [4.78, 5) is 50.5. The molecule has 10 heteroatoms. The van der Waals surface area contributed by atoms with Crippen molar-refractivity contribution in [2.75, 3.05) is 0 Å². The van der Waals surface area contributed by atoms with Crippen LogP contribution in [0.25, 0.3) is 0 Å². The van der Waals surface area contributed by atoms with Gasteiger partial charge in [0.2, 0.25) is 0 Å². The molecule has 0 aliphatic carbocycles. The smallest absolute Gasteiger partial charge is 0.326 e. The van der Waals surface area contributed by atoms with Gasteiger partial charge in [-0.15, -0.1) is 0 Å². The van der Waals surface area contributed by atoms with E-state index in [1.54, 1.807) is 90.1 Å². The summed E-state index contributed by atoms with van der Waals surface area (Å²) in [5, 5.41) is 24.3. The third kappa shape index (κ3) is 7.76. The van der Waals surface area contributed by atoms with Crippen LogP contribution in [0.2, 0.25) is 0 Å². The number of carbonyl (C=O) groups excluding carboxylic acids is 2. The second kappa shape index (κ2) is 11.8. The zero-order valence-corrected chi connectivity index (χ0v) is 22.8. The van der Waals surface area contributed by atoms with Crippen molar-refractivity contribution in [2.24, 2.45) is 10.8 Å². The second-order valence-electron chi connectivity index (χ2n) is 10.4. The SMILES string of the molecule is CC(C)(C)C(NC(=O)c1ccccc1SSc1ccccc1C(=O)N[C@H](C(=O)O)C(C)(C)C)C(=O)O. The van der Waals surface area contributed by atoms with Crippen LogP contribution in [-0.4, -0.2) is 46.0 Å².